The van der Waals surface area contributed by atoms with Crippen molar-refractivity contribution in [3.8, 4) is 0 Å². The number of hydrogen-bond donors (Lipinski definition) is 1. The molecule has 0 unspecified atom stereocenters. The van der Waals surface area contributed by atoms with E-state index in [1.165, 1.54) is 12.3 Å². The van der Waals surface area contributed by atoms with E-state index < -0.39 is 9.84 Å². The minimum absolute atomic E-state index is 0.0761. The average molecular weight is 303 g/mol. The number of sulfone groups is 1. The minimum atomic E-state index is -3.24. The Morgan fingerprint density at radius 2 is 2.22 bits per heavy atom. The minimum Gasteiger partial charge on any atom is -0.379 e. The summed E-state index contributed by atoms with van der Waals surface area (Å²) in [6, 6.07) is 5.06. The topological polar surface area (TPSA) is 59.1 Å². The van der Waals surface area contributed by atoms with E-state index in [9.17, 15) is 8.42 Å². The summed E-state index contributed by atoms with van der Waals surface area (Å²) in [4.78, 5) is 5.00. The smallest absolute Gasteiger partial charge is 0.192 e. The van der Waals surface area contributed by atoms with Crippen molar-refractivity contribution in [3.05, 3.63) is 39.7 Å². The quantitative estimate of drug-likeness (QED) is 0.943. The van der Waals surface area contributed by atoms with E-state index >= 15 is 0 Å². The predicted molar refractivity (Wildman–Crippen MR) is 74.0 cm³/mol. The Morgan fingerprint density at radius 1 is 1.44 bits per heavy atom. The maximum absolute atomic E-state index is 11.2. The lowest BCUT2D eigenvalue weighted by atomic mass is 10.4. The zero-order valence-electron chi connectivity index (χ0n) is 9.55. The molecule has 0 aliphatic carbocycles. The molecule has 0 radical (unpaired) electrons. The summed E-state index contributed by atoms with van der Waals surface area (Å²) in [6.07, 6.45) is 2.64. The van der Waals surface area contributed by atoms with Gasteiger partial charge in [-0.2, -0.15) is 0 Å². The van der Waals surface area contributed by atoms with Gasteiger partial charge in [0.05, 0.1) is 16.9 Å². The van der Waals surface area contributed by atoms with Crippen molar-refractivity contribution >= 4 is 38.5 Å². The molecule has 2 rings (SSSR count). The molecule has 2 heterocycles. The first kappa shape index (κ1) is 13.3. The predicted octanol–water partition coefficient (Wildman–Crippen LogP) is 2.81. The number of hydrogen-bond acceptors (Lipinski definition) is 5. The van der Waals surface area contributed by atoms with Crippen LogP contribution in [-0.4, -0.2) is 19.7 Å². The monoisotopic (exact) mass is 302 g/mol. The van der Waals surface area contributed by atoms with Crippen LogP contribution in [0.4, 0.5) is 5.69 Å². The first-order valence-corrected chi connectivity index (χ1v) is 8.23. The Morgan fingerprint density at radius 3 is 2.72 bits per heavy atom. The average Bonchev–Trinajstić information content (AvgIpc) is 2.72. The van der Waals surface area contributed by atoms with Crippen LogP contribution in [0.3, 0.4) is 0 Å². The van der Waals surface area contributed by atoms with Gasteiger partial charge in [0.15, 0.2) is 14.9 Å². The third-order valence-corrected chi connectivity index (χ3v) is 4.49. The van der Waals surface area contributed by atoms with Gasteiger partial charge in [0.25, 0.3) is 0 Å². The van der Waals surface area contributed by atoms with Crippen molar-refractivity contribution in [2.24, 2.45) is 0 Å². The zero-order valence-corrected chi connectivity index (χ0v) is 11.9. The van der Waals surface area contributed by atoms with Gasteiger partial charge in [0.1, 0.15) is 0 Å². The number of rotatable bonds is 4. The summed E-state index contributed by atoms with van der Waals surface area (Å²) in [5, 5.41) is 5.81. The third-order valence-electron chi connectivity index (χ3n) is 2.20. The summed E-state index contributed by atoms with van der Waals surface area (Å²) in [7, 11) is -3.24. The fourth-order valence-corrected chi connectivity index (χ4v) is 2.91. The summed E-state index contributed by atoms with van der Waals surface area (Å²) in [6.45, 7) is 0.636. The third kappa shape index (κ3) is 3.44. The molecule has 0 aliphatic heterocycles. The number of aromatic nitrogens is 1. The number of nitrogens with one attached hydrogen (secondary N) is 1. The molecule has 2 aromatic heterocycles. The van der Waals surface area contributed by atoms with Crippen molar-refractivity contribution in [3.63, 3.8) is 0 Å². The van der Waals surface area contributed by atoms with E-state index in [1.54, 1.807) is 17.4 Å². The van der Waals surface area contributed by atoms with E-state index in [-0.39, 0.29) is 5.03 Å². The molecule has 18 heavy (non-hydrogen) atoms. The second-order valence-corrected chi connectivity index (χ2v) is 7.14. The second kappa shape index (κ2) is 5.26. The van der Waals surface area contributed by atoms with Gasteiger partial charge >= 0.3 is 0 Å². The lowest BCUT2D eigenvalue weighted by Gasteiger charge is -2.04. The van der Waals surface area contributed by atoms with Crippen LogP contribution in [0, 0.1) is 0 Å². The molecule has 1 N–H and O–H groups in total. The highest BCUT2D eigenvalue weighted by Crippen LogP contribution is 2.20. The normalized spacial score (nSPS) is 11.4. The van der Waals surface area contributed by atoms with Gasteiger partial charge in [-0.25, -0.2) is 13.4 Å². The largest absolute Gasteiger partial charge is 0.379 e. The summed E-state index contributed by atoms with van der Waals surface area (Å²) < 4.78 is 22.5. The molecular formula is C11H11ClN2O2S2. The van der Waals surface area contributed by atoms with Gasteiger partial charge in [-0.1, -0.05) is 11.6 Å². The Kier molecular flexibility index (Phi) is 3.89. The van der Waals surface area contributed by atoms with Crippen LogP contribution in [0.1, 0.15) is 4.88 Å². The molecule has 0 fully saturated rings. The first-order valence-electron chi connectivity index (χ1n) is 5.08. The molecule has 0 bridgehead atoms. The van der Waals surface area contributed by atoms with Crippen LogP contribution in [0.15, 0.2) is 34.8 Å². The van der Waals surface area contributed by atoms with Gasteiger partial charge in [-0.05, 0) is 18.2 Å². The molecular weight excluding hydrogens is 292 g/mol. The fourth-order valence-electron chi connectivity index (χ4n) is 1.34. The summed E-state index contributed by atoms with van der Waals surface area (Å²) >= 11 is 7.38. The van der Waals surface area contributed by atoms with E-state index in [0.29, 0.717) is 6.54 Å². The number of thiophene rings is 1. The Hall–Kier alpha value is -1.11. The highest BCUT2D eigenvalue weighted by Gasteiger charge is 2.07. The van der Waals surface area contributed by atoms with Crippen LogP contribution in [0.5, 0.6) is 0 Å². The molecule has 7 heteroatoms. The van der Waals surface area contributed by atoms with Gasteiger partial charge < -0.3 is 5.32 Å². The maximum Gasteiger partial charge on any atom is 0.192 e. The molecule has 96 valence electrons. The number of anilines is 1. The SMILES string of the molecule is CS(=O)(=O)c1ccc(NCc2cc(Cl)cs2)cn1. The van der Waals surface area contributed by atoms with E-state index in [4.69, 9.17) is 11.6 Å². The number of halogens is 1. The van der Waals surface area contributed by atoms with E-state index in [0.717, 1.165) is 21.8 Å². The molecule has 0 saturated heterocycles. The molecule has 4 nitrogen and oxygen atoms in total. The van der Waals surface area contributed by atoms with Crippen molar-refractivity contribution < 1.29 is 8.42 Å². The molecule has 0 spiro atoms. The standard InChI is InChI=1S/C11H11ClN2O2S2/c1-18(15,16)11-3-2-9(5-14-11)13-6-10-4-8(12)7-17-10/h2-5,7,13H,6H2,1H3. The maximum atomic E-state index is 11.2. The Balaban J connectivity index is 2.03. The van der Waals surface area contributed by atoms with E-state index in [1.807, 2.05) is 11.4 Å². The van der Waals surface area contributed by atoms with Crippen LogP contribution in [0.2, 0.25) is 5.02 Å². The molecule has 0 atom stereocenters. The highest BCUT2D eigenvalue weighted by molar-refractivity contribution is 7.90. The summed E-state index contributed by atoms with van der Waals surface area (Å²) in [5.41, 5.74) is 0.770. The van der Waals surface area contributed by atoms with Crippen LogP contribution < -0.4 is 5.32 Å². The number of nitrogens with zero attached hydrogens (tertiary/aromatic N) is 1. The van der Waals surface area contributed by atoms with Crippen molar-refractivity contribution in [2.45, 2.75) is 11.6 Å². The Bertz CT molecular complexity index is 635. The molecule has 0 aliphatic rings. The van der Waals surface area contributed by atoms with Crippen molar-refractivity contribution in [2.75, 3.05) is 11.6 Å². The fraction of sp³-hybridized carbons (Fsp3) is 0.182. The second-order valence-electron chi connectivity index (χ2n) is 3.74. The lowest BCUT2D eigenvalue weighted by molar-refractivity contribution is 0.598. The van der Waals surface area contributed by atoms with Crippen LogP contribution in [0.25, 0.3) is 0 Å². The van der Waals surface area contributed by atoms with Gasteiger partial charge in [0.2, 0.25) is 0 Å². The number of pyridine rings is 1. The van der Waals surface area contributed by atoms with Crippen molar-refractivity contribution in [1.82, 2.24) is 4.98 Å². The van der Waals surface area contributed by atoms with Gasteiger partial charge in [0, 0.05) is 23.1 Å². The first-order chi connectivity index (χ1) is 8.45. The van der Waals surface area contributed by atoms with E-state index in [2.05, 4.69) is 10.3 Å². The van der Waals surface area contributed by atoms with Gasteiger partial charge in [-0.3, -0.25) is 0 Å². The van der Waals surface area contributed by atoms with Crippen LogP contribution >= 0.6 is 22.9 Å². The summed E-state index contributed by atoms with van der Waals surface area (Å²) in [5.74, 6) is 0. The molecule has 0 saturated carbocycles. The molecule has 2 aromatic rings. The molecule has 0 aromatic carbocycles. The molecule has 0 amide bonds. The Labute approximate surface area is 115 Å². The van der Waals surface area contributed by atoms with Crippen LogP contribution in [-0.2, 0) is 16.4 Å². The van der Waals surface area contributed by atoms with Crippen molar-refractivity contribution in [1.29, 1.82) is 0 Å². The zero-order chi connectivity index (χ0) is 13.2. The highest BCUT2D eigenvalue weighted by atomic mass is 35.5. The van der Waals surface area contributed by atoms with Gasteiger partial charge in [-0.15, -0.1) is 11.3 Å². The lowest BCUT2D eigenvalue weighted by Crippen LogP contribution is -2.02.